The van der Waals surface area contributed by atoms with Crippen LogP contribution in [0.1, 0.15) is 11.3 Å². The van der Waals surface area contributed by atoms with Crippen molar-refractivity contribution in [2.24, 2.45) is 0 Å². The minimum atomic E-state index is -0.314. The van der Waals surface area contributed by atoms with E-state index in [2.05, 4.69) is 9.97 Å². The van der Waals surface area contributed by atoms with Crippen LogP contribution in [0.5, 0.6) is 0 Å². The normalized spacial score (nSPS) is 16.5. The molecule has 0 N–H and O–H groups in total. The summed E-state index contributed by atoms with van der Waals surface area (Å²) in [5.41, 5.74) is 1.85. The zero-order chi connectivity index (χ0) is 22.9. The van der Waals surface area contributed by atoms with Crippen molar-refractivity contribution in [3.8, 4) is 0 Å². The molecule has 1 fully saturated rings. The highest BCUT2D eigenvalue weighted by atomic mass is 32.2. The smallest absolute Gasteiger partial charge is 0.242 e. The molecule has 2 aromatic heterocycles. The maximum absolute atomic E-state index is 13.1. The van der Waals surface area contributed by atoms with Crippen LogP contribution >= 0.6 is 11.8 Å². The van der Waals surface area contributed by atoms with Gasteiger partial charge in [0.25, 0.3) is 0 Å². The second-order valence-corrected chi connectivity index (χ2v) is 8.74. The van der Waals surface area contributed by atoms with E-state index >= 15 is 0 Å². The van der Waals surface area contributed by atoms with Crippen LogP contribution in [0.4, 0.5) is 0 Å². The SMILES string of the molecule is O=C(CSc1ccccn1)N1CC(=O)N(Cc2ccccc2)C[C@@H](OCc2ccccn2)C1. The Hall–Kier alpha value is -3.23. The number of thioether (sulfide) groups is 1. The number of carbonyl (C=O) groups is 2. The molecule has 1 atom stereocenters. The maximum atomic E-state index is 13.1. The summed E-state index contributed by atoms with van der Waals surface area (Å²) in [5, 5.41) is 0.778. The van der Waals surface area contributed by atoms with Crippen LogP contribution in [0.3, 0.4) is 0 Å². The highest BCUT2D eigenvalue weighted by Crippen LogP contribution is 2.18. The number of carbonyl (C=O) groups excluding carboxylic acids is 2. The van der Waals surface area contributed by atoms with Crippen LogP contribution in [0, 0.1) is 0 Å². The molecule has 0 radical (unpaired) electrons. The van der Waals surface area contributed by atoms with Gasteiger partial charge in [-0.25, -0.2) is 4.98 Å². The van der Waals surface area contributed by atoms with E-state index in [1.165, 1.54) is 11.8 Å². The van der Waals surface area contributed by atoms with Gasteiger partial charge in [-0.1, -0.05) is 54.2 Å². The van der Waals surface area contributed by atoms with Crippen LogP contribution in [-0.2, 0) is 27.5 Å². The molecule has 3 aromatic rings. The number of amides is 2. The largest absolute Gasteiger partial charge is 0.368 e. The van der Waals surface area contributed by atoms with Gasteiger partial charge in [0, 0.05) is 32.0 Å². The molecule has 8 heteroatoms. The van der Waals surface area contributed by atoms with Crippen molar-refractivity contribution >= 4 is 23.6 Å². The van der Waals surface area contributed by atoms with Crippen molar-refractivity contribution in [2.75, 3.05) is 25.4 Å². The Kier molecular flexibility index (Phi) is 8.05. The van der Waals surface area contributed by atoms with Crippen LogP contribution in [-0.4, -0.2) is 63.1 Å². The lowest BCUT2D eigenvalue weighted by Gasteiger charge is -2.25. The zero-order valence-corrected chi connectivity index (χ0v) is 19.1. The Labute approximate surface area is 197 Å². The average Bonchev–Trinajstić information content (AvgIpc) is 3.02. The quantitative estimate of drug-likeness (QED) is 0.479. The molecule has 1 aliphatic heterocycles. The Morgan fingerprint density at radius 1 is 0.970 bits per heavy atom. The summed E-state index contributed by atoms with van der Waals surface area (Å²) in [4.78, 5) is 38.0. The Bertz CT molecular complexity index is 1040. The lowest BCUT2D eigenvalue weighted by Crippen LogP contribution is -2.40. The van der Waals surface area contributed by atoms with Gasteiger partial charge in [0.15, 0.2) is 0 Å². The maximum Gasteiger partial charge on any atom is 0.242 e. The molecular formula is C25H26N4O3S. The molecule has 2 amide bonds. The summed E-state index contributed by atoms with van der Waals surface area (Å²) in [5.74, 6) is 0.0293. The van der Waals surface area contributed by atoms with Gasteiger partial charge in [0.05, 0.1) is 35.7 Å². The molecule has 1 saturated heterocycles. The van der Waals surface area contributed by atoms with Crippen molar-refractivity contribution in [2.45, 2.75) is 24.3 Å². The first-order valence-corrected chi connectivity index (χ1v) is 11.8. The van der Waals surface area contributed by atoms with Gasteiger partial charge in [-0.3, -0.25) is 14.6 Å². The molecule has 3 heterocycles. The van der Waals surface area contributed by atoms with E-state index in [4.69, 9.17) is 4.74 Å². The third kappa shape index (κ3) is 6.87. The van der Waals surface area contributed by atoms with E-state index in [1.807, 2.05) is 66.7 Å². The average molecular weight is 463 g/mol. The molecule has 7 nitrogen and oxygen atoms in total. The first kappa shape index (κ1) is 22.9. The molecular weight excluding hydrogens is 436 g/mol. The summed E-state index contributed by atoms with van der Waals surface area (Å²) in [7, 11) is 0. The molecule has 0 aliphatic carbocycles. The van der Waals surface area contributed by atoms with Gasteiger partial charge in [-0.05, 0) is 29.8 Å². The number of nitrogens with zero attached hydrogens (tertiary/aromatic N) is 4. The van der Waals surface area contributed by atoms with Crippen molar-refractivity contribution in [3.05, 3.63) is 90.4 Å². The summed E-state index contributed by atoms with van der Waals surface area (Å²) in [6.07, 6.45) is 3.11. The van der Waals surface area contributed by atoms with Crippen LogP contribution in [0.2, 0.25) is 0 Å². The second kappa shape index (κ2) is 11.6. The van der Waals surface area contributed by atoms with Gasteiger partial charge < -0.3 is 14.5 Å². The lowest BCUT2D eigenvalue weighted by atomic mass is 10.2. The van der Waals surface area contributed by atoms with Crippen molar-refractivity contribution in [1.29, 1.82) is 0 Å². The van der Waals surface area contributed by atoms with Crippen LogP contribution < -0.4 is 0 Å². The van der Waals surface area contributed by atoms with E-state index in [9.17, 15) is 9.59 Å². The molecule has 33 heavy (non-hydrogen) atoms. The Morgan fingerprint density at radius 2 is 1.73 bits per heavy atom. The summed E-state index contributed by atoms with van der Waals surface area (Å²) in [6.45, 7) is 1.61. The fourth-order valence-corrected chi connectivity index (χ4v) is 4.34. The van der Waals surface area contributed by atoms with E-state index < -0.39 is 0 Å². The van der Waals surface area contributed by atoms with E-state index in [0.29, 0.717) is 26.2 Å². The third-order valence-electron chi connectivity index (χ3n) is 5.27. The Balaban J connectivity index is 1.45. The highest BCUT2D eigenvalue weighted by molar-refractivity contribution is 7.99. The first-order valence-electron chi connectivity index (χ1n) is 10.8. The zero-order valence-electron chi connectivity index (χ0n) is 18.2. The van der Waals surface area contributed by atoms with E-state index in [0.717, 1.165) is 16.3 Å². The fourth-order valence-electron chi connectivity index (χ4n) is 3.58. The molecule has 1 aromatic carbocycles. The molecule has 170 valence electrons. The molecule has 0 saturated carbocycles. The number of benzene rings is 1. The summed E-state index contributed by atoms with van der Waals surface area (Å²) in [6, 6.07) is 21.1. The third-order valence-corrected chi connectivity index (χ3v) is 6.20. The second-order valence-electron chi connectivity index (χ2n) is 7.74. The number of aromatic nitrogens is 2. The number of rotatable bonds is 8. The van der Waals surface area contributed by atoms with Gasteiger partial charge in [-0.15, -0.1) is 0 Å². The lowest BCUT2D eigenvalue weighted by molar-refractivity contribution is -0.137. The minimum absolute atomic E-state index is 0.0396. The number of pyridine rings is 2. The van der Waals surface area contributed by atoms with Gasteiger partial charge >= 0.3 is 0 Å². The number of ether oxygens (including phenoxy) is 1. The van der Waals surface area contributed by atoms with Crippen LogP contribution in [0.15, 0.2) is 84.1 Å². The standard InChI is InChI=1S/C25H26N4O3S/c30-24-17-29(25(31)19-33-23-11-5-7-13-27-23)16-22(32-18-21-10-4-6-12-26-21)15-28(24)14-20-8-2-1-3-9-20/h1-13,22H,14-19H2/t22-/m1/s1. The molecule has 1 aliphatic rings. The van der Waals surface area contributed by atoms with E-state index in [-0.39, 0.29) is 30.2 Å². The van der Waals surface area contributed by atoms with E-state index in [1.54, 1.807) is 22.2 Å². The predicted molar refractivity (Wildman–Crippen MR) is 126 cm³/mol. The fraction of sp³-hybridized carbons (Fsp3) is 0.280. The topological polar surface area (TPSA) is 75.6 Å². The first-order chi connectivity index (χ1) is 16.2. The molecule has 0 unspecified atom stereocenters. The van der Waals surface area contributed by atoms with Gasteiger partial charge in [0.2, 0.25) is 11.8 Å². The van der Waals surface area contributed by atoms with Crippen molar-refractivity contribution in [1.82, 2.24) is 19.8 Å². The summed E-state index contributed by atoms with van der Waals surface area (Å²) >= 11 is 1.37. The van der Waals surface area contributed by atoms with Crippen molar-refractivity contribution < 1.29 is 14.3 Å². The van der Waals surface area contributed by atoms with Gasteiger partial charge in [0.1, 0.15) is 0 Å². The minimum Gasteiger partial charge on any atom is -0.368 e. The van der Waals surface area contributed by atoms with Crippen molar-refractivity contribution in [3.63, 3.8) is 0 Å². The predicted octanol–water partition coefficient (Wildman–Crippen LogP) is 3.03. The monoisotopic (exact) mass is 462 g/mol. The highest BCUT2D eigenvalue weighted by Gasteiger charge is 2.31. The summed E-state index contributed by atoms with van der Waals surface area (Å²) < 4.78 is 6.14. The molecule has 0 bridgehead atoms. The number of hydrogen-bond acceptors (Lipinski definition) is 6. The molecule has 0 spiro atoms. The number of hydrogen-bond donors (Lipinski definition) is 0. The van der Waals surface area contributed by atoms with Crippen LogP contribution in [0.25, 0.3) is 0 Å². The van der Waals surface area contributed by atoms with Gasteiger partial charge in [-0.2, -0.15) is 0 Å². The Morgan fingerprint density at radius 3 is 2.45 bits per heavy atom. The molecule has 4 rings (SSSR count).